The number of rotatable bonds is 7. The van der Waals surface area contributed by atoms with E-state index in [9.17, 15) is 4.79 Å². The molecule has 0 aliphatic rings. The minimum absolute atomic E-state index is 0.0125. The van der Waals surface area contributed by atoms with Gasteiger partial charge in [-0.3, -0.25) is 9.78 Å². The van der Waals surface area contributed by atoms with Crippen molar-refractivity contribution in [2.24, 2.45) is 5.73 Å². The van der Waals surface area contributed by atoms with Gasteiger partial charge >= 0.3 is 0 Å². The van der Waals surface area contributed by atoms with Crippen molar-refractivity contribution in [2.45, 2.75) is 33.2 Å². The van der Waals surface area contributed by atoms with Gasteiger partial charge in [0.25, 0.3) is 5.91 Å². The fourth-order valence-electron chi connectivity index (χ4n) is 2.45. The Morgan fingerprint density at radius 1 is 1.29 bits per heavy atom. The van der Waals surface area contributed by atoms with E-state index in [2.05, 4.69) is 10.3 Å². The second-order valence-corrected chi connectivity index (χ2v) is 5.97. The van der Waals surface area contributed by atoms with Crippen molar-refractivity contribution in [2.75, 3.05) is 13.2 Å². The van der Waals surface area contributed by atoms with E-state index in [-0.39, 0.29) is 11.9 Å². The molecule has 0 aliphatic heterocycles. The third kappa shape index (κ3) is 5.06. The van der Waals surface area contributed by atoms with Crippen LogP contribution < -0.4 is 15.8 Å². The highest BCUT2D eigenvalue weighted by Gasteiger charge is 2.13. The first kappa shape index (κ1) is 17.9. The molecule has 0 saturated heterocycles. The third-order valence-electron chi connectivity index (χ3n) is 3.66. The van der Waals surface area contributed by atoms with Crippen LogP contribution in [0.1, 0.15) is 34.2 Å². The van der Waals surface area contributed by atoms with Crippen molar-refractivity contribution in [3.05, 3.63) is 58.9 Å². The molecule has 1 heterocycles. The maximum absolute atomic E-state index is 12.4. The third-order valence-corrected chi connectivity index (χ3v) is 3.66. The number of nitrogens with one attached hydrogen (secondary N) is 1. The van der Waals surface area contributed by atoms with Crippen LogP contribution in [0.25, 0.3) is 0 Å². The molecule has 1 aromatic carbocycles. The topological polar surface area (TPSA) is 77.2 Å². The van der Waals surface area contributed by atoms with Crippen LogP contribution >= 0.6 is 0 Å². The minimum Gasteiger partial charge on any atom is -0.492 e. The van der Waals surface area contributed by atoms with Gasteiger partial charge < -0.3 is 15.8 Å². The molecule has 0 spiro atoms. The van der Waals surface area contributed by atoms with Crippen molar-refractivity contribution >= 4 is 5.91 Å². The molecular formula is C19H25N3O2. The number of ether oxygens (including phenoxy) is 1. The number of hydrogen-bond donors (Lipinski definition) is 2. The molecule has 0 saturated carbocycles. The summed E-state index contributed by atoms with van der Waals surface area (Å²) >= 11 is 0. The molecule has 0 unspecified atom stereocenters. The summed E-state index contributed by atoms with van der Waals surface area (Å²) in [5, 5.41) is 3.01. The highest BCUT2D eigenvalue weighted by Crippen LogP contribution is 2.19. The second kappa shape index (κ2) is 8.45. The van der Waals surface area contributed by atoms with Crippen LogP contribution in [0.5, 0.6) is 5.75 Å². The number of nitrogens with zero attached hydrogens (tertiary/aromatic N) is 1. The van der Waals surface area contributed by atoms with Crippen molar-refractivity contribution in [1.82, 2.24) is 10.3 Å². The Labute approximate surface area is 143 Å². The van der Waals surface area contributed by atoms with Crippen LogP contribution in [0.3, 0.4) is 0 Å². The lowest BCUT2D eigenvalue weighted by Gasteiger charge is -2.15. The van der Waals surface area contributed by atoms with Crippen LogP contribution in [0.15, 0.2) is 36.4 Å². The zero-order valence-electron chi connectivity index (χ0n) is 14.5. The molecule has 5 heteroatoms. The number of pyridine rings is 1. The Balaban J connectivity index is 2.00. The fraction of sp³-hybridized carbons (Fsp3) is 0.368. The summed E-state index contributed by atoms with van der Waals surface area (Å²) in [6, 6.07) is 11.3. The van der Waals surface area contributed by atoms with E-state index in [1.54, 1.807) is 12.1 Å². The van der Waals surface area contributed by atoms with E-state index in [0.29, 0.717) is 30.9 Å². The molecular weight excluding hydrogens is 302 g/mol. The van der Waals surface area contributed by atoms with Gasteiger partial charge in [0.05, 0.1) is 0 Å². The molecule has 3 N–H and O–H groups in total. The number of carbonyl (C=O) groups excluding carboxylic acids is 1. The van der Waals surface area contributed by atoms with E-state index >= 15 is 0 Å². The average Bonchev–Trinajstić information content (AvgIpc) is 2.53. The van der Waals surface area contributed by atoms with Gasteiger partial charge in [-0.2, -0.15) is 0 Å². The van der Waals surface area contributed by atoms with Gasteiger partial charge in [0.15, 0.2) is 0 Å². The van der Waals surface area contributed by atoms with Gasteiger partial charge in [-0.1, -0.05) is 12.1 Å². The van der Waals surface area contributed by atoms with E-state index in [1.165, 1.54) is 0 Å². The molecule has 0 aliphatic carbocycles. The monoisotopic (exact) mass is 327 g/mol. The van der Waals surface area contributed by atoms with Gasteiger partial charge in [-0.05, 0) is 50.6 Å². The highest BCUT2D eigenvalue weighted by atomic mass is 16.5. The van der Waals surface area contributed by atoms with E-state index in [4.69, 9.17) is 10.5 Å². The maximum Gasteiger partial charge on any atom is 0.251 e. The van der Waals surface area contributed by atoms with Crippen LogP contribution in [0.2, 0.25) is 0 Å². The summed E-state index contributed by atoms with van der Waals surface area (Å²) < 4.78 is 5.58. The van der Waals surface area contributed by atoms with Crippen LogP contribution in [-0.2, 0) is 6.42 Å². The van der Waals surface area contributed by atoms with Gasteiger partial charge in [0.1, 0.15) is 12.4 Å². The Hall–Kier alpha value is -2.40. The highest BCUT2D eigenvalue weighted by molar-refractivity contribution is 5.94. The number of aryl methyl sites for hydroxylation is 2. The van der Waals surface area contributed by atoms with Crippen LogP contribution in [-0.4, -0.2) is 30.1 Å². The zero-order chi connectivity index (χ0) is 17.5. The number of aromatic nitrogens is 1. The summed E-state index contributed by atoms with van der Waals surface area (Å²) in [5.41, 5.74) is 8.98. The smallest absolute Gasteiger partial charge is 0.251 e. The average molecular weight is 327 g/mol. The van der Waals surface area contributed by atoms with Crippen molar-refractivity contribution in [1.29, 1.82) is 0 Å². The van der Waals surface area contributed by atoms with Crippen LogP contribution in [0, 0.1) is 13.8 Å². The predicted octanol–water partition coefficient (Wildman–Crippen LogP) is 2.40. The summed E-state index contributed by atoms with van der Waals surface area (Å²) in [7, 11) is 0. The van der Waals surface area contributed by atoms with Crippen molar-refractivity contribution in [3.63, 3.8) is 0 Å². The maximum atomic E-state index is 12.4. The molecule has 128 valence electrons. The normalized spacial score (nSPS) is 11.8. The van der Waals surface area contributed by atoms with Crippen molar-refractivity contribution in [3.8, 4) is 5.75 Å². The molecule has 0 radical (unpaired) electrons. The molecule has 5 nitrogen and oxygen atoms in total. The molecule has 1 atom stereocenters. The first-order chi connectivity index (χ1) is 11.5. The number of hydrogen-bond acceptors (Lipinski definition) is 4. The number of amides is 1. The fourth-order valence-corrected chi connectivity index (χ4v) is 2.45. The van der Waals surface area contributed by atoms with E-state index < -0.39 is 0 Å². The quantitative estimate of drug-likeness (QED) is 0.818. The van der Waals surface area contributed by atoms with E-state index in [1.807, 2.05) is 45.0 Å². The Morgan fingerprint density at radius 3 is 2.79 bits per heavy atom. The van der Waals surface area contributed by atoms with Gasteiger partial charge in [0, 0.05) is 36.0 Å². The van der Waals surface area contributed by atoms with Gasteiger partial charge in [-0.15, -0.1) is 0 Å². The molecule has 2 aromatic rings. The summed E-state index contributed by atoms with van der Waals surface area (Å²) in [6.45, 7) is 6.75. The Kier molecular flexibility index (Phi) is 6.32. The number of nitrogens with two attached hydrogens (primary N) is 1. The predicted molar refractivity (Wildman–Crippen MR) is 95.3 cm³/mol. The number of benzene rings is 1. The zero-order valence-corrected chi connectivity index (χ0v) is 14.5. The van der Waals surface area contributed by atoms with Gasteiger partial charge in [-0.25, -0.2) is 0 Å². The standard InChI is InChI=1S/C19H25N3O2/c1-13-7-8-16(12-18(13)24-10-9-20)19(23)22-15(3)11-17-6-4-5-14(2)21-17/h4-8,12,15H,9-11,20H2,1-3H3,(H,22,23)/t15-/m0/s1. The molecule has 1 amide bonds. The molecule has 2 rings (SSSR count). The Morgan fingerprint density at radius 2 is 2.08 bits per heavy atom. The lowest BCUT2D eigenvalue weighted by atomic mass is 10.1. The molecule has 1 aromatic heterocycles. The SMILES string of the molecule is Cc1cccc(C[C@H](C)NC(=O)c2ccc(C)c(OCCN)c2)n1. The first-order valence-electron chi connectivity index (χ1n) is 8.16. The second-order valence-electron chi connectivity index (χ2n) is 5.97. The summed E-state index contributed by atoms with van der Waals surface area (Å²) in [4.78, 5) is 16.9. The first-order valence-corrected chi connectivity index (χ1v) is 8.16. The largest absolute Gasteiger partial charge is 0.492 e. The van der Waals surface area contributed by atoms with Gasteiger partial charge in [0.2, 0.25) is 0 Å². The lowest BCUT2D eigenvalue weighted by Crippen LogP contribution is -2.34. The molecule has 0 bridgehead atoms. The van der Waals surface area contributed by atoms with Crippen LogP contribution in [0.4, 0.5) is 0 Å². The molecule has 0 fully saturated rings. The van der Waals surface area contributed by atoms with E-state index in [0.717, 1.165) is 17.0 Å². The molecule has 24 heavy (non-hydrogen) atoms. The summed E-state index contributed by atoms with van der Waals surface area (Å²) in [6.07, 6.45) is 0.690. The van der Waals surface area contributed by atoms with Crippen molar-refractivity contribution < 1.29 is 9.53 Å². The summed E-state index contributed by atoms with van der Waals surface area (Å²) in [5.74, 6) is 0.578. The minimum atomic E-state index is -0.118. The number of carbonyl (C=O) groups is 1. The Bertz CT molecular complexity index is 701. The lowest BCUT2D eigenvalue weighted by molar-refractivity contribution is 0.0939.